The van der Waals surface area contributed by atoms with Gasteiger partial charge >= 0.3 is 0 Å². The predicted octanol–water partition coefficient (Wildman–Crippen LogP) is 5.09. The molecule has 1 aliphatic heterocycles. The SMILES string of the molecule is CCOc1cc(C(=O)Nc2ccc(S(=O)(=O)N3CCCCC3CC)cc2)cc(OCC)c1OCC. The minimum atomic E-state index is -3.58. The minimum Gasteiger partial charge on any atom is -0.490 e. The van der Waals surface area contributed by atoms with E-state index in [2.05, 4.69) is 5.32 Å². The number of anilines is 1. The van der Waals surface area contributed by atoms with E-state index in [9.17, 15) is 13.2 Å². The van der Waals surface area contributed by atoms with Gasteiger partial charge in [0.15, 0.2) is 11.5 Å². The van der Waals surface area contributed by atoms with Crippen LogP contribution in [0.3, 0.4) is 0 Å². The van der Waals surface area contributed by atoms with E-state index in [4.69, 9.17) is 14.2 Å². The summed E-state index contributed by atoms with van der Waals surface area (Å²) in [6.07, 6.45) is 3.61. The number of hydrogen-bond acceptors (Lipinski definition) is 6. The van der Waals surface area contributed by atoms with Gasteiger partial charge in [0.2, 0.25) is 15.8 Å². The number of ether oxygens (including phenoxy) is 3. The number of nitrogens with zero attached hydrogens (tertiary/aromatic N) is 1. The van der Waals surface area contributed by atoms with Crippen molar-refractivity contribution in [1.29, 1.82) is 0 Å². The number of carbonyl (C=O) groups is 1. The lowest BCUT2D eigenvalue weighted by molar-refractivity contribution is 0.102. The summed E-state index contributed by atoms with van der Waals surface area (Å²) in [5.74, 6) is 0.954. The molecule has 2 aromatic carbocycles. The summed E-state index contributed by atoms with van der Waals surface area (Å²) in [6.45, 7) is 9.37. The quantitative estimate of drug-likeness (QED) is 0.458. The molecule has 1 fully saturated rings. The van der Waals surface area contributed by atoms with Crippen LogP contribution in [0.2, 0.25) is 0 Å². The Balaban J connectivity index is 1.81. The zero-order valence-electron chi connectivity index (χ0n) is 21.0. The van der Waals surface area contributed by atoms with Gasteiger partial charge in [-0.2, -0.15) is 4.31 Å². The van der Waals surface area contributed by atoms with Gasteiger partial charge in [0.05, 0.1) is 24.7 Å². The van der Waals surface area contributed by atoms with Crippen molar-refractivity contribution in [2.45, 2.75) is 64.3 Å². The first-order valence-corrected chi connectivity index (χ1v) is 13.8. The lowest BCUT2D eigenvalue weighted by Crippen LogP contribution is -2.43. The average molecular weight is 505 g/mol. The number of hydrogen-bond donors (Lipinski definition) is 1. The predicted molar refractivity (Wildman–Crippen MR) is 136 cm³/mol. The van der Waals surface area contributed by atoms with Crippen molar-refractivity contribution < 1.29 is 27.4 Å². The molecule has 0 spiro atoms. The smallest absolute Gasteiger partial charge is 0.255 e. The van der Waals surface area contributed by atoms with Crippen molar-refractivity contribution in [2.75, 3.05) is 31.7 Å². The first kappa shape index (κ1) is 26.8. The fourth-order valence-corrected chi connectivity index (χ4v) is 6.03. The van der Waals surface area contributed by atoms with Crippen LogP contribution in [0, 0.1) is 0 Å². The zero-order chi connectivity index (χ0) is 25.4. The Labute approximate surface area is 208 Å². The minimum absolute atomic E-state index is 0.0341. The van der Waals surface area contributed by atoms with E-state index in [1.807, 2.05) is 27.7 Å². The molecule has 0 radical (unpaired) electrons. The van der Waals surface area contributed by atoms with Crippen molar-refractivity contribution in [3.8, 4) is 17.2 Å². The Morgan fingerprint density at radius 3 is 2.09 bits per heavy atom. The van der Waals surface area contributed by atoms with Crippen molar-refractivity contribution in [1.82, 2.24) is 4.31 Å². The first-order valence-electron chi connectivity index (χ1n) is 12.3. The Morgan fingerprint density at radius 1 is 0.943 bits per heavy atom. The van der Waals surface area contributed by atoms with Crippen LogP contribution < -0.4 is 19.5 Å². The zero-order valence-corrected chi connectivity index (χ0v) is 21.8. The molecular weight excluding hydrogens is 468 g/mol. The van der Waals surface area contributed by atoms with Crippen molar-refractivity contribution in [3.63, 3.8) is 0 Å². The molecule has 3 rings (SSSR count). The average Bonchev–Trinajstić information content (AvgIpc) is 2.86. The third-order valence-electron chi connectivity index (χ3n) is 5.93. The van der Waals surface area contributed by atoms with E-state index >= 15 is 0 Å². The number of benzene rings is 2. The van der Waals surface area contributed by atoms with E-state index < -0.39 is 10.0 Å². The monoisotopic (exact) mass is 504 g/mol. The van der Waals surface area contributed by atoms with Crippen LogP contribution in [0.1, 0.15) is 63.7 Å². The summed E-state index contributed by atoms with van der Waals surface area (Å²) in [5.41, 5.74) is 0.834. The lowest BCUT2D eigenvalue weighted by atomic mass is 10.0. The van der Waals surface area contributed by atoms with Gasteiger partial charge in [-0.1, -0.05) is 13.3 Å². The van der Waals surface area contributed by atoms with Gasteiger partial charge in [0, 0.05) is 23.8 Å². The molecule has 0 saturated carbocycles. The molecule has 1 heterocycles. The van der Waals surface area contributed by atoms with E-state index in [1.165, 1.54) is 0 Å². The summed E-state index contributed by atoms with van der Waals surface area (Å²) in [4.78, 5) is 13.2. The number of amides is 1. The van der Waals surface area contributed by atoms with Crippen LogP contribution in [-0.2, 0) is 10.0 Å². The molecule has 2 aromatic rings. The third-order valence-corrected chi connectivity index (χ3v) is 7.90. The number of carbonyl (C=O) groups excluding carboxylic acids is 1. The van der Waals surface area contributed by atoms with Crippen LogP contribution in [0.15, 0.2) is 41.3 Å². The summed E-state index contributed by atoms with van der Waals surface area (Å²) in [5, 5.41) is 2.83. The Hall–Kier alpha value is -2.78. The molecule has 1 atom stereocenters. The molecule has 1 amide bonds. The normalized spacial score (nSPS) is 16.5. The Morgan fingerprint density at radius 2 is 1.54 bits per heavy atom. The maximum absolute atomic E-state index is 13.2. The second-order valence-corrected chi connectivity index (χ2v) is 10.1. The number of piperidine rings is 1. The Kier molecular flexibility index (Phi) is 9.40. The lowest BCUT2D eigenvalue weighted by Gasteiger charge is -2.34. The molecule has 8 nitrogen and oxygen atoms in total. The van der Waals surface area contributed by atoms with Crippen molar-refractivity contribution >= 4 is 21.6 Å². The van der Waals surface area contributed by atoms with Gasteiger partial charge in [-0.15, -0.1) is 0 Å². The molecule has 1 aliphatic rings. The van der Waals surface area contributed by atoms with Crippen LogP contribution in [-0.4, -0.2) is 51.0 Å². The molecule has 9 heteroatoms. The maximum Gasteiger partial charge on any atom is 0.255 e. The van der Waals surface area contributed by atoms with Crippen LogP contribution in [0.25, 0.3) is 0 Å². The molecule has 0 aromatic heterocycles. The molecule has 0 aliphatic carbocycles. The maximum atomic E-state index is 13.2. The first-order chi connectivity index (χ1) is 16.8. The highest BCUT2D eigenvalue weighted by molar-refractivity contribution is 7.89. The van der Waals surface area contributed by atoms with Gasteiger partial charge in [-0.3, -0.25) is 4.79 Å². The van der Waals surface area contributed by atoms with E-state index in [-0.39, 0.29) is 16.8 Å². The topological polar surface area (TPSA) is 94.2 Å². The third kappa shape index (κ3) is 6.27. The second kappa shape index (κ2) is 12.3. The second-order valence-electron chi connectivity index (χ2n) is 8.25. The fourth-order valence-electron chi connectivity index (χ4n) is 4.27. The molecule has 35 heavy (non-hydrogen) atoms. The molecule has 1 unspecified atom stereocenters. The van der Waals surface area contributed by atoms with Gasteiger partial charge in [0.1, 0.15) is 0 Å². The Bertz CT molecular complexity index is 1070. The highest BCUT2D eigenvalue weighted by Crippen LogP contribution is 2.39. The van der Waals surface area contributed by atoms with Gasteiger partial charge in [-0.25, -0.2) is 8.42 Å². The summed E-state index contributed by atoms with van der Waals surface area (Å²) in [6, 6.07) is 9.57. The largest absolute Gasteiger partial charge is 0.490 e. The molecule has 0 bridgehead atoms. The van der Waals surface area contributed by atoms with E-state index in [1.54, 1.807) is 40.7 Å². The highest BCUT2D eigenvalue weighted by atomic mass is 32.2. The number of rotatable bonds is 11. The summed E-state index contributed by atoms with van der Waals surface area (Å²) in [7, 11) is -3.58. The van der Waals surface area contributed by atoms with Gasteiger partial charge in [0.25, 0.3) is 5.91 Å². The molecule has 192 valence electrons. The van der Waals surface area contributed by atoms with E-state index in [0.29, 0.717) is 54.9 Å². The number of nitrogens with one attached hydrogen (secondary N) is 1. The fraction of sp³-hybridized carbons (Fsp3) is 0.500. The van der Waals surface area contributed by atoms with Crippen LogP contribution in [0.5, 0.6) is 17.2 Å². The van der Waals surface area contributed by atoms with Crippen LogP contribution in [0.4, 0.5) is 5.69 Å². The summed E-state index contributed by atoms with van der Waals surface area (Å²) >= 11 is 0. The summed E-state index contributed by atoms with van der Waals surface area (Å²) < 4.78 is 45.1. The molecular formula is C26H36N2O6S. The molecule has 1 N–H and O–H groups in total. The molecule has 1 saturated heterocycles. The highest BCUT2D eigenvalue weighted by Gasteiger charge is 2.32. The standard InChI is InChI=1S/C26H36N2O6S/c1-5-21-11-9-10-16-28(21)35(30,31)22-14-12-20(13-15-22)27-26(29)19-17-23(32-6-2)25(34-8-4)24(18-19)33-7-3/h12-15,17-18,21H,5-11,16H2,1-4H3,(H,27,29). The van der Waals surface area contributed by atoms with Crippen molar-refractivity contribution in [2.24, 2.45) is 0 Å². The van der Waals surface area contributed by atoms with Crippen molar-refractivity contribution in [3.05, 3.63) is 42.0 Å². The number of sulfonamides is 1. The van der Waals surface area contributed by atoms with Crippen LogP contribution >= 0.6 is 0 Å². The van der Waals surface area contributed by atoms with Gasteiger partial charge < -0.3 is 19.5 Å². The van der Waals surface area contributed by atoms with E-state index in [0.717, 1.165) is 25.7 Å². The van der Waals surface area contributed by atoms with Gasteiger partial charge in [-0.05, 0) is 76.4 Å².